The fourth-order valence-electron chi connectivity index (χ4n) is 2.98. The Balaban J connectivity index is 1.67. The van der Waals surface area contributed by atoms with E-state index in [1.165, 1.54) is 0 Å². The maximum atomic E-state index is 12.4. The number of nitrogens with zero attached hydrogens (tertiary/aromatic N) is 5. The van der Waals surface area contributed by atoms with Gasteiger partial charge in [-0.25, -0.2) is 9.97 Å². The van der Waals surface area contributed by atoms with Crippen molar-refractivity contribution in [2.75, 3.05) is 18.0 Å². The third-order valence-electron chi connectivity index (χ3n) is 4.31. The fraction of sp³-hybridized carbons (Fsp3) is 0.529. The molecular formula is C17H24N6O. The van der Waals surface area contributed by atoms with Crippen molar-refractivity contribution < 1.29 is 4.79 Å². The quantitative estimate of drug-likeness (QED) is 0.925. The van der Waals surface area contributed by atoms with Gasteiger partial charge in [-0.3, -0.25) is 9.48 Å². The Bertz CT molecular complexity index is 711. The SMILES string of the molecule is CC(C)c1nccc(N2CCCC(NC(=O)c3ccnn3C)C2)n1. The summed E-state index contributed by atoms with van der Waals surface area (Å²) in [6, 6.07) is 3.78. The predicted molar refractivity (Wildman–Crippen MR) is 92.0 cm³/mol. The summed E-state index contributed by atoms with van der Waals surface area (Å²) < 4.78 is 1.59. The maximum Gasteiger partial charge on any atom is 0.269 e. The van der Waals surface area contributed by atoms with Crippen LogP contribution in [0.15, 0.2) is 24.5 Å². The predicted octanol–water partition coefficient (Wildman–Crippen LogP) is 1.73. The van der Waals surface area contributed by atoms with Gasteiger partial charge in [0, 0.05) is 44.5 Å². The summed E-state index contributed by atoms with van der Waals surface area (Å²) in [5.74, 6) is 2.02. The average Bonchev–Trinajstić information content (AvgIpc) is 3.01. The highest BCUT2D eigenvalue weighted by molar-refractivity contribution is 5.92. The van der Waals surface area contributed by atoms with E-state index in [2.05, 4.69) is 39.1 Å². The van der Waals surface area contributed by atoms with Gasteiger partial charge in [-0.2, -0.15) is 5.10 Å². The number of aromatic nitrogens is 4. The van der Waals surface area contributed by atoms with E-state index in [9.17, 15) is 4.79 Å². The molecule has 24 heavy (non-hydrogen) atoms. The van der Waals surface area contributed by atoms with Gasteiger partial charge in [0.25, 0.3) is 5.91 Å². The molecule has 1 aliphatic heterocycles. The molecule has 3 heterocycles. The maximum absolute atomic E-state index is 12.4. The number of rotatable bonds is 4. The van der Waals surface area contributed by atoms with Crippen molar-refractivity contribution in [3.8, 4) is 0 Å². The lowest BCUT2D eigenvalue weighted by molar-refractivity contribution is 0.0923. The van der Waals surface area contributed by atoms with Gasteiger partial charge >= 0.3 is 0 Å². The second-order valence-electron chi connectivity index (χ2n) is 6.53. The molecule has 0 saturated carbocycles. The molecule has 1 N–H and O–H groups in total. The molecule has 2 aromatic heterocycles. The second kappa shape index (κ2) is 6.98. The van der Waals surface area contributed by atoms with Crippen molar-refractivity contribution in [1.29, 1.82) is 0 Å². The molecule has 0 aromatic carbocycles. The van der Waals surface area contributed by atoms with Crippen molar-refractivity contribution >= 4 is 11.7 Å². The van der Waals surface area contributed by atoms with Gasteiger partial charge in [0.05, 0.1) is 0 Å². The number of anilines is 1. The largest absolute Gasteiger partial charge is 0.354 e. The highest BCUT2D eigenvalue weighted by Crippen LogP contribution is 2.19. The molecule has 1 unspecified atom stereocenters. The summed E-state index contributed by atoms with van der Waals surface area (Å²) in [7, 11) is 1.77. The third kappa shape index (κ3) is 3.55. The van der Waals surface area contributed by atoms with Crippen molar-refractivity contribution in [3.63, 3.8) is 0 Å². The Kier molecular flexibility index (Phi) is 4.78. The molecule has 1 atom stereocenters. The molecule has 0 bridgehead atoms. The van der Waals surface area contributed by atoms with Crippen LogP contribution in [0, 0.1) is 0 Å². The number of aryl methyl sites for hydroxylation is 1. The fourth-order valence-corrected chi connectivity index (χ4v) is 2.98. The number of piperidine rings is 1. The number of hydrogen-bond acceptors (Lipinski definition) is 5. The van der Waals surface area contributed by atoms with Gasteiger partial charge in [-0.05, 0) is 25.0 Å². The van der Waals surface area contributed by atoms with E-state index in [0.717, 1.165) is 37.6 Å². The van der Waals surface area contributed by atoms with Crippen LogP contribution in [0.5, 0.6) is 0 Å². The molecule has 1 amide bonds. The highest BCUT2D eigenvalue weighted by atomic mass is 16.2. The van der Waals surface area contributed by atoms with Gasteiger partial charge < -0.3 is 10.2 Å². The van der Waals surface area contributed by atoms with Crippen LogP contribution in [0.1, 0.15) is 48.9 Å². The number of carbonyl (C=O) groups is 1. The van der Waals surface area contributed by atoms with E-state index < -0.39 is 0 Å². The number of carbonyl (C=O) groups excluding carboxylic acids is 1. The second-order valence-corrected chi connectivity index (χ2v) is 6.53. The molecule has 2 aromatic rings. The first-order valence-corrected chi connectivity index (χ1v) is 8.41. The number of hydrogen-bond donors (Lipinski definition) is 1. The molecule has 0 spiro atoms. The minimum absolute atomic E-state index is 0.0765. The summed E-state index contributed by atoms with van der Waals surface area (Å²) in [5, 5.41) is 7.16. The van der Waals surface area contributed by atoms with E-state index in [1.807, 2.05) is 12.3 Å². The van der Waals surface area contributed by atoms with E-state index in [-0.39, 0.29) is 11.9 Å². The van der Waals surface area contributed by atoms with Crippen molar-refractivity contribution in [1.82, 2.24) is 25.1 Å². The number of nitrogens with one attached hydrogen (secondary N) is 1. The zero-order valence-corrected chi connectivity index (χ0v) is 14.4. The Labute approximate surface area is 142 Å². The van der Waals surface area contributed by atoms with Gasteiger partial charge in [-0.1, -0.05) is 13.8 Å². The standard InChI is InChI=1S/C17H24N6O/c1-12(2)16-18-8-7-15(21-16)23-10-4-5-13(11-23)20-17(24)14-6-9-19-22(14)3/h6-9,12-13H,4-5,10-11H2,1-3H3,(H,20,24). The molecule has 1 fully saturated rings. The van der Waals surface area contributed by atoms with Crippen molar-refractivity contribution in [3.05, 3.63) is 36.0 Å². The summed E-state index contributed by atoms with van der Waals surface area (Å²) in [6.45, 7) is 5.89. The minimum Gasteiger partial charge on any atom is -0.354 e. The molecule has 7 nitrogen and oxygen atoms in total. The average molecular weight is 328 g/mol. The van der Waals surface area contributed by atoms with E-state index >= 15 is 0 Å². The van der Waals surface area contributed by atoms with Crippen molar-refractivity contribution in [2.45, 2.75) is 38.6 Å². The van der Waals surface area contributed by atoms with E-state index in [1.54, 1.807) is 24.0 Å². The van der Waals surface area contributed by atoms with Gasteiger partial charge in [0.1, 0.15) is 17.3 Å². The van der Waals surface area contributed by atoms with Crippen LogP contribution in [0.3, 0.4) is 0 Å². The lowest BCUT2D eigenvalue weighted by Crippen LogP contribution is -2.48. The molecular weight excluding hydrogens is 304 g/mol. The summed E-state index contributed by atoms with van der Waals surface area (Å²) in [6.07, 6.45) is 5.45. The summed E-state index contributed by atoms with van der Waals surface area (Å²) in [4.78, 5) is 23.6. The van der Waals surface area contributed by atoms with Crippen LogP contribution in [-0.2, 0) is 7.05 Å². The molecule has 3 rings (SSSR count). The molecule has 128 valence electrons. The number of amides is 1. The zero-order valence-electron chi connectivity index (χ0n) is 14.4. The normalized spacial score (nSPS) is 18.0. The van der Waals surface area contributed by atoms with Crippen LogP contribution < -0.4 is 10.2 Å². The highest BCUT2D eigenvalue weighted by Gasteiger charge is 2.24. The zero-order chi connectivity index (χ0) is 17.1. The van der Waals surface area contributed by atoms with E-state index in [4.69, 9.17) is 0 Å². The van der Waals surface area contributed by atoms with Crippen LogP contribution in [0.4, 0.5) is 5.82 Å². The first kappa shape index (κ1) is 16.4. The molecule has 7 heteroatoms. The first-order chi connectivity index (χ1) is 11.5. The Hall–Kier alpha value is -2.44. The van der Waals surface area contributed by atoms with Gasteiger partial charge in [-0.15, -0.1) is 0 Å². The van der Waals surface area contributed by atoms with Crippen LogP contribution in [-0.4, -0.2) is 44.8 Å². The lowest BCUT2D eigenvalue weighted by Gasteiger charge is -2.34. The lowest BCUT2D eigenvalue weighted by atomic mass is 10.1. The minimum atomic E-state index is -0.0765. The molecule has 1 saturated heterocycles. The van der Waals surface area contributed by atoms with Gasteiger partial charge in [0.2, 0.25) is 0 Å². The third-order valence-corrected chi connectivity index (χ3v) is 4.31. The first-order valence-electron chi connectivity index (χ1n) is 8.41. The Morgan fingerprint density at radius 2 is 2.17 bits per heavy atom. The summed E-state index contributed by atoms with van der Waals surface area (Å²) >= 11 is 0. The molecule has 0 aliphatic carbocycles. The molecule has 0 radical (unpaired) electrons. The summed E-state index contributed by atoms with van der Waals surface area (Å²) in [5.41, 5.74) is 0.580. The Morgan fingerprint density at radius 1 is 1.33 bits per heavy atom. The molecule has 1 aliphatic rings. The monoisotopic (exact) mass is 328 g/mol. The van der Waals surface area contributed by atoms with Crippen LogP contribution >= 0.6 is 0 Å². The smallest absolute Gasteiger partial charge is 0.269 e. The van der Waals surface area contributed by atoms with Crippen LogP contribution in [0.25, 0.3) is 0 Å². The van der Waals surface area contributed by atoms with Gasteiger partial charge in [0.15, 0.2) is 0 Å². The Morgan fingerprint density at radius 3 is 2.88 bits per heavy atom. The van der Waals surface area contributed by atoms with E-state index in [0.29, 0.717) is 11.6 Å². The van der Waals surface area contributed by atoms with Crippen LogP contribution in [0.2, 0.25) is 0 Å². The van der Waals surface area contributed by atoms with Crippen molar-refractivity contribution in [2.24, 2.45) is 7.05 Å². The topological polar surface area (TPSA) is 75.9 Å².